The second kappa shape index (κ2) is 13.1. The molecule has 0 saturated carbocycles. The Bertz CT molecular complexity index is 1330. The van der Waals surface area contributed by atoms with Crippen molar-refractivity contribution in [1.82, 2.24) is 14.5 Å². The van der Waals surface area contributed by atoms with Crippen molar-refractivity contribution in [2.75, 3.05) is 6.54 Å². The van der Waals surface area contributed by atoms with Crippen LogP contribution in [0.5, 0.6) is 5.75 Å². The monoisotopic (exact) mass is 510 g/mol. The van der Waals surface area contributed by atoms with Crippen molar-refractivity contribution < 1.29 is 9.90 Å². The predicted molar refractivity (Wildman–Crippen MR) is 154 cm³/mol. The van der Waals surface area contributed by atoms with Gasteiger partial charge in [-0.15, -0.1) is 0 Å². The van der Waals surface area contributed by atoms with E-state index in [2.05, 4.69) is 71.8 Å². The minimum absolute atomic E-state index is 0.0743. The van der Waals surface area contributed by atoms with Crippen LogP contribution in [-0.4, -0.2) is 32.0 Å². The lowest BCUT2D eigenvalue weighted by atomic mass is 10.1. The number of rotatable bonds is 13. The van der Waals surface area contributed by atoms with Crippen LogP contribution in [0, 0.1) is 0 Å². The summed E-state index contributed by atoms with van der Waals surface area (Å²) in [6.45, 7) is 7.56. The van der Waals surface area contributed by atoms with E-state index in [-0.39, 0.29) is 11.3 Å². The molecule has 4 rings (SSSR count). The van der Waals surface area contributed by atoms with Gasteiger partial charge in [-0.1, -0.05) is 93.4 Å². The number of hydrogen-bond acceptors (Lipinski definition) is 4. The minimum Gasteiger partial charge on any atom is -0.507 e. The molecular formula is C32H38N4O2. The first-order valence-corrected chi connectivity index (χ1v) is 13.6. The fourth-order valence-electron chi connectivity index (χ4n) is 4.79. The Labute approximate surface area is 225 Å². The average molecular weight is 511 g/mol. The molecule has 0 aliphatic carbocycles. The third kappa shape index (κ3) is 6.50. The predicted octanol–water partition coefficient (Wildman–Crippen LogP) is 6.62. The summed E-state index contributed by atoms with van der Waals surface area (Å²) in [6.07, 6.45) is 4.30. The Kier molecular flexibility index (Phi) is 9.33. The van der Waals surface area contributed by atoms with Crippen LogP contribution in [0.3, 0.4) is 0 Å². The summed E-state index contributed by atoms with van der Waals surface area (Å²) in [4.78, 5) is 19.2. The van der Waals surface area contributed by atoms with E-state index in [1.807, 2.05) is 18.2 Å². The number of hydrogen-bond donors (Lipinski definition) is 2. The molecule has 198 valence electrons. The molecule has 6 nitrogen and oxygen atoms in total. The van der Waals surface area contributed by atoms with Gasteiger partial charge in [-0.25, -0.2) is 4.98 Å². The standard InChI is InChI=1S/C32H38N4O2/c1-3-5-19-35(22-24-17-18-27(31(33)38)29(37)21-24)23-28-30(25-13-9-7-10-14-25)34-32(36(28)20-6-4-2)26-15-11-8-12-16-26/h7-18,21,37H,3-6,19-20,22-23H2,1-2H3,(H2,33,38). The van der Waals surface area contributed by atoms with Gasteiger partial charge >= 0.3 is 0 Å². The van der Waals surface area contributed by atoms with Crippen LogP contribution in [0.2, 0.25) is 0 Å². The maximum Gasteiger partial charge on any atom is 0.252 e. The van der Waals surface area contributed by atoms with Crippen molar-refractivity contribution in [2.45, 2.75) is 59.2 Å². The summed E-state index contributed by atoms with van der Waals surface area (Å²) in [6, 6.07) is 26.0. The zero-order valence-electron chi connectivity index (χ0n) is 22.4. The molecule has 0 fully saturated rings. The number of primary amides is 1. The Morgan fingerprint density at radius 3 is 2.16 bits per heavy atom. The Hall–Kier alpha value is -3.90. The van der Waals surface area contributed by atoms with E-state index in [1.165, 1.54) is 5.69 Å². The highest BCUT2D eigenvalue weighted by atomic mass is 16.3. The summed E-state index contributed by atoms with van der Waals surface area (Å²) >= 11 is 0. The van der Waals surface area contributed by atoms with Gasteiger partial charge in [0.15, 0.2) is 0 Å². The summed E-state index contributed by atoms with van der Waals surface area (Å²) in [7, 11) is 0. The van der Waals surface area contributed by atoms with Crippen molar-refractivity contribution in [3.8, 4) is 28.4 Å². The summed E-state index contributed by atoms with van der Waals surface area (Å²) in [5, 5.41) is 10.4. The zero-order valence-corrected chi connectivity index (χ0v) is 22.4. The lowest BCUT2D eigenvalue weighted by Crippen LogP contribution is -2.26. The second-order valence-electron chi connectivity index (χ2n) is 9.75. The van der Waals surface area contributed by atoms with E-state index in [4.69, 9.17) is 10.7 Å². The number of amides is 1. The molecule has 1 amide bonds. The quantitative estimate of drug-likeness (QED) is 0.212. The Morgan fingerprint density at radius 1 is 0.895 bits per heavy atom. The molecule has 4 aromatic rings. The Morgan fingerprint density at radius 2 is 1.55 bits per heavy atom. The Balaban J connectivity index is 1.77. The van der Waals surface area contributed by atoms with Crippen LogP contribution in [0.4, 0.5) is 0 Å². The molecule has 3 N–H and O–H groups in total. The van der Waals surface area contributed by atoms with Gasteiger partial charge in [0, 0.05) is 30.8 Å². The second-order valence-corrected chi connectivity index (χ2v) is 9.75. The van der Waals surface area contributed by atoms with E-state index in [0.717, 1.165) is 67.0 Å². The third-order valence-electron chi connectivity index (χ3n) is 6.82. The highest BCUT2D eigenvalue weighted by Gasteiger charge is 2.22. The number of nitrogens with two attached hydrogens (primary N) is 1. The maximum absolute atomic E-state index is 11.6. The van der Waals surface area contributed by atoms with Crippen LogP contribution in [0.25, 0.3) is 22.6 Å². The van der Waals surface area contributed by atoms with E-state index < -0.39 is 5.91 Å². The molecule has 0 spiro atoms. The number of nitrogens with zero attached hydrogens (tertiary/aromatic N) is 3. The summed E-state index contributed by atoms with van der Waals surface area (Å²) in [5.74, 6) is 0.291. The van der Waals surface area contributed by atoms with E-state index >= 15 is 0 Å². The number of carbonyl (C=O) groups is 1. The summed E-state index contributed by atoms with van der Waals surface area (Å²) in [5.41, 5.74) is 10.9. The highest BCUT2D eigenvalue weighted by Crippen LogP contribution is 2.31. The first kappa shape index (κ1) is 27.1. The molecule has 38 heavy (non-hydrogen) atoms. The van der Waals surface area contributed by atoms with Gasteiger partial charge in [0.2, 0.25) is 0 Å². The fraction of sp³-hybridized carbons (Fsp3) is 0.312. The molecule has 6 heteroatoms. The summed E-state index contributed by atoms with van der Waals surface area (Å²) < 4.78 is 2.40. The molecular weight excluding hydrogens is 472 g/mol. The molecule has 0 aliphatic rings. The van der Waals surface area contributed by atoms with Crippen molar-refractivity contribution in [1.29, 1.82) is 0 Å². The van der Waals surface area contributed by atoms with Gasteiger partial charge in [0.1, 0.15) is 11.6 Å². The molecule has 1 heterocycles. The number of phenols is 1. The van der Waals surface area contributed by atoms with Gasteiger partial charge in [0.05, 0.1) is 17.0 Å². The third-order valence-corrected chi connectivity index (χ3v) is 6.82. The van der Waals surface area contributed by atoms with Crippen LogP contribution < -0.4 is 5.73 Å². The van der Waals surface area contributed by atoms with Crippen molar-refractivity contribution in [3.05, 3.63) is 95.7 Å². The number of benzene rings is 3. The molecule has 1 aromatic heterocycles. The molecule has 0 radical (unpaired) electrons. The van der Waals surface area contributed by atoms with E-state index in [9.17, 15) is 9.90 Å². The zero-order chi connectivity index (χ0) is 26.9. The van der Waals surface area contributed by atoms with Crippen LogP contribution in [-0.2, 0) is 19.6 Å². The SMILES string of the molecule is CCCCN(Cc1ccc(C(N)=O)c(O)c1)Cc1c(-c2ccccc2)nc(-c2ccccc2)n1CCCC. The normalized spacial score (nSPS) is 11.2. The van der Waals surface area contributed by atoms with Crippen LogP contribution >= 0.6 is 0 Å². The molecule has 0 bridgehead atoms. The van der Waals surface area contributed by atoms with Gasteiger partial charge in [-0.05, 0) is 37.1 Å². The van der Waals surface area contributed by atoms with E-state index in [0.29, 0.717) is 13.1 Å². The van der Waals surface area contributed by atoms with Crippen molar-refractivity contribution in [3.63, 3.8) is 0 Å². The fourth-order valence-corrected chi connectivity index (χ4v) is 4.79. The average Bonchev–Trinajstić information content (AvgIpc) is 3.29. The van der Waals surface area contributed by atoms with Gasteiger partial charge in [-0.2, -0.15) is 0 Å². The first-order valence-electron chi connectivity index (χ1n) is 13.6. The van der Waals surface area contributed by atoms with Crippen molar-refractivity contribution >= 4 is 5.91 Å². The number of aromatic nitrogens is 2. The number of aromatic hydroxyl groups is 1. The van der Waals surface area contributed by atoms with Crippen molar-refractivity contribution in [2.24, 2.45) is 5.73 Å². The largest absolute Gasteiger partial charge is 0.507 e. The molecule has 0 unspecified atom stereocenters. The smallest absolute Gasteiger partial charge is 0.252 e. The lowest BCUT2D eigenvalue weighted by Gasteiger charge is -2.24. The molecule has 0 saturated heterocycles. The van der Waals surface area contributed by atoms with E-state index in [1.54, 1.807) is 12.1 Å². The first-order chi connectivity index (χ1) is 18.5. The van der Waals surface area contributed by atoms with Gasteiger partial charge in [-0.3, -0.25) is 9.69 Å². The maximum atomic E-state index is 11.6. The number of unbranched alkanes of at least 4 members (excludes halogenated alkanes) is 2. The number of carbonyl (C=O) groups excluding carboxylic acids is 1. The highest BCUT2D eigenvalue weighted by molar-refractivity contribution is 5.95. The molecule has 3 aromatic carbocycles. The van der Waals surface area contributed by atoms with Crippen LogP contribution in [0.15, 0.2) is 78.9 Å². The minimum atomic E-state index is -0.627. The lowest BCUT2D eigenvalue weighted by molar-refractivity contribution is 0.0997. The molecule has 0 atom stereocenters. The topological polar surface area (TPSA) is 84.4 Å². The van der Waals surface area contributed by atoms with Gasteiger partial charge < -0.3 is 15.4 Å². The molecule has 0 aliphatic heterocycles. The van der Waals surface area contributed by atoms with Gasteiger partial charge in [0.25, 0.3) is 5.91 Å². The number of imidazole rings is 1. The van der Waals surface area contributed by atoms with Crippen LogP contribution in [0.1, 0.15) is 61.1 Å².